The molecule has 152 valence electrons. The van der Waals surface area contributed by atoms with E-state index in [1.807, 2.05) is 5.32 Å². The van der Waals surface area contributed by atoms with E-state index in [2.05, 4.69) is 4.98 Å². The van der Waals surface area contributed by atoms with Crippen LogP contribution in [0.25, 0.3) is 11.3 Å². The van der Waals surface area contributed by atoms with Crippen molar-refractivity contribution < 1.29 is 31.5 Å². The fourth-order valence-corrected chi connectivity index (χ4v) is 4.14. The summed E-state index contributed by atoms with van der Waals surface area (Å²) in [5, 5.41) is 10.7. The number of carboxylic acid groups (broad SMARTS) is 1. The summed E-state index contributed by atoms with van der Waals surface area (Å²) in [5.74, 6) is -2.97. The molecule has 2 N–H and O–H groups in total. The molecule has 0 aliphatic carbocycles. The van der Waals surface area contributed by atoms with Crippen molar-refractivity contribution in [2.45, 2.75) is 11.3 Å². The largest absolute Gasteiger partial charge is 0.465 e. The molecule has 0 radical (unpaired) electrons. The van der Waals surface area contributed by atoms with Gasteiger partial charge in [-0.05, 0) is 36.8 Å². The predicted octanol–water partition coefficient (Wildman–Crippen LogP) is 3.01. The molecule has 0 bridgehead atoms. The normalized spacial score (nSPS) is 11.4. The lowest BCUT2D eigenvalue weighted by molar-refractivity contribution is 0.194. The first kappa shape index (κ1) is 20.4. The molecule has 0 unspecified atom stereocenters. The topological polar surface area (TPSA) is 101 Å². The Hall–Kier alpha value is -3.34. The molecule has 2 aromatic heterocycles. The summed E-state index contributed by atoms with van der Waals surface area (Å²) in [6, 6.07) is 6.53. The van der Waals surface area contributed by atoms with Crippen molar-refractivity contribution in [3.63, 3.8) is 0 Å². The molecule has 3 rings (SSSR count). The molecule has 1 aromatic carbocycles. The molecule has 7 nitrogen and oxygen atoms in total. The average Bonchev–Trinajstić information content (AvgIpc) is 2.99. The Balaban J connectivity index is 2.19. The molecule has 0 saturated heterocycles. The van der Waals surface area contributed by atoms with Crippen LogP contribution >= 0.6 is 0 Å². The van der Waals surface area contributed by atoms with E-state index in [0.29, 0.717) is 3.97 Å². The van der Waals surface area contributed by atoms with Gasteiger partial charge in [0.2, 0.25) is 5.95 Å². The van der Waals surface area contributed by atoms with Crippen LogP contribution < -0.4 is 5.32 Å². The van der Waals surface area contributed by atoms with Gasteiger partial charge in [-0.3, -0.25) is 0 Å². The van der Waals surface area contributed by atoms with Crippen molar-refractivity contribution in [3.05, 3.63) is 71.9 Å². The second kappa shape index (κ2) is 7.95. The number of pyridine rings is 1. The van der Waals surface area contributed by atoms with Crippen LogP contribution in [-0.4, -0.2) is 35.1 Å². The predicted molar refractivity (Wildman–Crippen MR) is 96.3 cm³/mol. The van der Waals surface area contributed by atoms with Gasteiger partial charge in [-0.25, -0.2) is 30.9 Å². The van der Waals surface area contributed by atoms with E-state index in [-0.39, 0.29) is 18.5 Å². The van der Waals surface area contributed by atoms with Crippen molar-refractivity contribution >= 4 is 16.1 Å². The van der Waals surface area contributed by atoms with Gasteiger partial charge in [-0.2, -0.15) is 4.39 Å². The Morgan fingerprint density at radius 2 is 1.93 bits per heavy atom. The highest BCUT2D eigenvalue weighted by Gasteiger charge is 2.28. The SMILES string of the molecule is O=C(O)NCCc1cn(S(=O)(=O)c2cccc(F)c2)c(-c2cccnc2F)c1F. The zero-order valence-corrected chi connectivity index (χ0v) is 15.5. The van der Waals surface area contributed by atoms with Gasteiger partial charge in [0.1, 0.15) is 11.5 Å². The number of nitrogens with zero attached hydrogens (tertiary/aromatic N) is 2. The van der Waals surface area contributed by atoms with E-state index in [0.717, 1.165) is 36.7 Å². The molecule has 2 heterocycles. The van der Waals surface area contributed by atoms with Crippen molar-refractivity contribution in [1.29, 1.82) is 0 Å². The highest BCUT2D eigenvalue weighted by Crippen LogP contribution is 2.32. The summed E-state index contributed by atoms with van der Waals surface area (Å²) in [6.07, 6.45) is 0.498. The summed E-state index contributed by atoms with van der Waals surface area (Å²) >= 11 is 0. The quantitative estimate of drug-likeness (QED) is 0.592. The molecule has 1 amide bonds. The van der Waals surface area contributed by atoms with Gasteiger partial charge in [0, 0.05) is 24.5 Å². The van der Waals surface area contributed by atoms with Crippen LogP contribution in [0.15, 0.2) is 53.7 Å². The van der Waals surface area contributed by atoms with Crippen molar-refractivity contribution in [1.82, 2.24) is 14.3 Å². The fraction of sp³-hybridized carbons (Fsp3) is 0.111. The number of hydrogen-bond donors (Lipinski definition) is 2. The Labute approximate surface area is 163 Å². The van der Waals surface area contributed by atoms with E-state index >= 15 is 4.39 Å². The Bertz CT molecular complexity index is 1180. The molecule has 0 atom stereocenters. The number of amides is 1. The lowest BCUT2D eigenvalue weighted by Crippen LogP contribution is -2.23. The third kappa shape index (κ3) is 4.09. The molecule has 3 aromatic rings. The first-order valence-electron chi connectivity index (χ1n) is 8.20. The number of carbonyl (C=O) groups is 1. The summed E-state index contributed by atoms with van der Waals surface area (Å²) in [6.45, 7) is -0.203. The maximum absolute atomic E-state index is 15.1. The smallest absolute Gasteiger partial charge is 0.404 e. The second-order valence-corrected chi connectivity index (χ2v) is 7.71. The van der Waals surface area contributed by atoms with Crippen LogP contribution in [0.4, 0.5) is 18.0 Å². The Morgan fingerprint density at radius 1 is 1.17 bits per heavy atom. The summed E-state index contributed by atoms with van der Waals surface area (Å²) in [7, 11) is -4.49. The number of hydrogen-bond acceptors (Lipinski definition) is 4. The van der Waals surface area contributed by atoms with Crippen molar-refractivity contribution in [3.8, 4) is 11.3 Å². The third-order valence-electron chi connectivity index (χ3n) is 4.02. The molecule has 0 saturated carbocycles. The first-order chi connectivity index (χ1) is 13.7. The Kier molecular flexibility index (Phi) is 5.59. The average molecular weight is 425 g/mol. The van der Waals surface area contributed by atoms with Crippen LogP contribution in [0.2, 0.25) is 0 Å². The van der Waals surface area contributed by atoms with Gasteiger partial charge in [0.25, 0.3) is 10.0 Å². The van der Waals surface area contributed by atoms with Crippen molar-refractivity contribution in [2.24, 2.45) is 0 Å². The van der Waals surface area contributed by atoms with Crippen LogP contribution in [0.5, 0.6) is 0 Å². The van der Waals surface area contributed by atoms with Crippen molar-refractivity contribution in [2.75, 3.05) is 6.54 Å². The number of rotatable bonds is 6. The zero-order valence-electron chi connectivity index (χ0n) is 14.6. The highest BCUT2D eigenvalue weighted by atomic mass is 32.2. The van der Waals surface area contributed by atoms with Gasteiger partial charge < -0.3 is 10.4 Å². The molecular formula is C18H14F3N3O4S. The number of halogens is 3. The molecular weight excluding hydrogens is 411 g/mol. The summed E-state index contributed by atoms with van der Waals surface area (Å²) in [4.78, 5) is 13.5. The molecule has 11 heteroatoms. The van der Waals surface area contributed by atoms with Gasteiger partial charge in [-0.1, -0.05) is 6.07 Å². The van der Waals surface area contributed by atoms with Crippen LogP contribution in [0, 0.1) is 17.6 Å². The van der Waals surface area contributed by atoms with Gasteiger partial charge in [-0.15, -0.1) is 0 Å². The van der Waals surface area contributed by atoms with Gasteiger partial charge in [0.15, 0.2) is 5.82 Å². The van der Waals surface area contributed by atoms with Crippen LogP contribution in [0.3, 0.4) is 0 Å². The first-order valence-corrected chi connectivity index (χ1v) is 9.64. The molecule has 0 aliphatic heterocycles. The van der Waals surface area contributed by atoms with E-state index in [4.69, 9.17) is 5.11 Å². The molecule has 29 heavy (non-hydrogen) atoms. The number of benzene rings is 1. The molecule has 0 fully saturated rings. The van der Waals surface area contributed by atoms with E-state index in [1.165, 1.54) is 12.1 Å². The van der Waals surface area contributed by atoms with Gasteiger partial charge >= 0.3 is 6.09 Å². The molecule has 0 spiro atoms. The van der Waals surface area contributed by atoms with Crippen LogP contribution in [-0.2, 0) is 16.4 Å². The molecule has 0 aliphatic rings. The van der Waals surface area contributed by atoms with E-state index in [9.17, 15) is 22.0 Å². The standard InChI is InChI=1S/C18H14F3N3O4S/c19-12-3-1-4-13(9-12)29(27,28)24-10-11(6-8-23-18(25)26)15(20)16(24)14-5-2-7-22-17(14)21/h1-5,7,9-10,23H,6,8H2,(H,25,26). The summed E-state index contributed by atoms with van der Waals surface area (Å²) < 4.78 is 69.4. The van der Waals surface area contributed by atoms with E-state index < -0.39 is 49.9 Å². The maximum atomic E-state index is 15.1. The lowest BCUT2D eigenvalue weighted by atomic mass is 10.1. The fourth-order valence-electron chi connectivity index (χ4n) is 2.72. The van der Waals surface area contributed by atoms with Crippen LogP contribution in [0.1, 0.15) is 5.56 Å². The maximum Gasteiger partial charge on any atom is 0.404 e. The second-order valence-electron chi connectivity index (χ2n) is 5.90. The number of aromatic nitrogens is 2. The summed E-state index contributed by atoms with van der Waals surface area (Å²) in [5.41, 5.74) is -1.20. The number of nitrogens with one attached hydrogen (secondary N) is 1. The minimum absolute atomic E-state index is 0.169. The highest BCUT2D eigenvalue weighted by molar-refractivity contribution is 7.90. The van der Waals surface area contributed by atoms with E-state index in [1.54, 1.807) is 0 Å². The minimum Gasteiger partial charge on any atom is -0.465 e. The van der Waals surface area contributed by atoms with Gasteiger partial charge in [0.05, 0.1) is 10.5 Å². The lowest BCUT2D eigenvalue weighted by Gasteiger charge is -2.11. The minimum atomic E-state index is -4.49. The third-order valence-corrected chi connectivity index (χ3v) is 5.68. The Morgan fingerprint density at radius 3 is 2.59 bits per heavy atom. The monoisotopic (exact) mass is 425 g/mol. The zero-order chi connectivity index (χ0) is 21.2.